The molecule has 0 amide bonds. The standard InChI is InChI=1S/C15H16N2O3/c18-15(19)13-7-11-3-1-2-4-12(11)14(17-13)16-8-10-5-6-20-9-10/h1-4,7,10H,5-6,8-9H2,(H,16,17)(H,18,19). The Morgan fingerprint density at radius 1 is 1.45 bits per heavy atom. The van der Waals surface area contributed by atoms with Crippen LogP contribution in [0.3, 0.4) is 0 Å². The maximum absolute atomic E-state index is 11.1. The maximum atomic E-state index is 11.1. The van der Waals surface area contributed by atoms with E-state index in [0.717, 1.165) is 37.0 Å². The lowest BCUT2D eigenvalue weighted by atomic mass is 10.1. The lowest BCUT2D eigenvalue weighted by Gasteiger charge is -2.13. The van der Waals surface area contributed by atoms with Gasteiger partial charge >= 0.3 is 5.97 Å². The summed E-state index contributed by atoms with van der Waals surface area (Å²) in [5.74, 6) is 0.0828. The molecule has 2 heterocycles. The smallest absolute Gasteiger partial charge is 0.354 e. The summed E-state index contributed by atoms with van der Waals surface area (Å²) < 4.78 is 5.34. The number of carbonyl (C=O) groups is 1. The second kappa shape index (κ2) is 5.46. The summed E-state index contributed by atoms with van der Waals surface area (Å²) in [6.07, 6.45) is 1.03. The van der Waals surface area contributed by atoms with E-state index in [2.05, 4.69) is 10.3 Å². The van der Waals surface area contributed by atoms with Crippen LogP contribution in [0.15, 0.2) is 30.3 Å². The van der Waals surface area contributed by atoms with Crippen LogP contribution in [0.5, 0.6) is 0 Å². The van der Waals surface area contributed by atoms with Crippen molar-refractivity contribution >= 4 is 22.6 Å². The molecule has 0 spiro atoms. The molecule has 0 bridgehead atoms. The average Bonchev–Trinajstić information content (AvgIpc) is 2.97. The fourth-order valence-corrected chi connectivity index (χ4v) is 2.43. The van der Waals surface area contributed by atoms with Gasteiger partial charge in [-0.25, -0.2) is 9.78 Å². The van der Waals surface area contributed by atoms with E-state index >= 15 is 0 Å². The number of benzene rings is 1. The summed E-state index contributed by atoms with van der Waals surface area (Å²) in [6.45, 7) is 2.30. The molecule has 3 rings (SSSR count). The zero-order valence-corrected chi connectivity index (χ0v) is 11.0. The van der Waals surface area contributed by atoms with Gasteiger partial charge in [-0.1, -0.05) is 24.3 Å². The van der Waals surface area contributed by atoms with E-state index in [4.69, 9.17) is 9.84 Å². The molecule has 1 saturated heterocycles. The lowest BCUT2D eigenvalue weighted by Crippen LogP contribution is -2.16. The molecule has 5 heteroatoms. The Kier molecular flexibility index (Phi) is 3.52. The first-order valence-corrected chi connectivity index (χ1v) is 6.69. The molecule has 1 aromatic heterocycles. The molecule has 1 aliphatic heterocycles. The number of pyridine rings is 1. The van der Waals surface area contributed by atoms with E-state index in [1.807, 2.05) is 24.3 Å². The number of fused-ring (bicyclic) bond motifs is 1. The lowest BCUT2D eigenvalue weighted by molar-refractivity contribution is 0.0691. The van der Waals surface area contributed by atoms with Gasteiger partial charge in [-0.15, -0.1) is 0 Å². The van der Waals surface area contributed by atoms with Crippen LogP contribution in [-0.2, 0) is 4.74 Å². The Balaban J connectivity index is 1.92. The predicted molar refractivity (Wildman–Crippen MR) is 76.1 cm³/mol. The van der Waals surface area contributed by atoms with E-state index in [1.54, 1.807) is 6.07 Å². The van der Waals surface area contributed by atoms with E-state index in [9.17, 15) is 4.79 Å². The molecule has 0 aliphatic carbocycles. The Hall–Kier alpha value is -2.14. The topological polar surface area (TPSA) is 71.5 Å². The van der Waals surface area contributed by atoms with Crippen molar-refractivity contribution in [1.82, 2.24) is 4.98 Å². The van der Waals surface area contributed by atoms with Crippen LogP contribution in [0.25, 0.3) is 10.8 Å². The SMILES string of the molecule is O=C(O)c1cc2ccccc2c(NCC2CCOC2)n1. The van der Waals surface area contributed by atoms with Crippen molar-refractivity contribution in [2.75, 3.05) is 25.1 Å². The van der Waals surface area contributed by atoms with E-state index in [-0.39, 0.29) is 5.69 Å². The molecule has 1 aliphatic rings. The fourth-order valence-electron chi connectivity index (χ4n) is 2.43. The summed E-state index contributed by atoms with van der Waals surface area (Å²) in [5, 5.41) is 14.2. The minimum absolute atomic E-state index is 0.0638. The third-order valence-corrected chi connectivity index (χ3v) is 3.54. The molecular formula is C15H16N2O3. The summed E-state index contributed by atoms with van der Waals surface area (Å²) in [6, 6.07) is 9.26. The van der Waals surface area contributed by atoms with Crippen LogP contribution >= 0.6 is 0 Å². The van der Waals surface area contributed by atoms with Crippen LogP contribution in [0.4, 0.5) is 5.82 Å². The summed E-state index contributed by atoms with van der Waals surface area (Å²) >= 11 is 0. The predicted octanol–water partition coefficient (Wildman–Crippen LogP) is 2.38. The molecule has 1 atom stereocenters. The second-order valence-electron chi connectivity index (χ2n) is 4.99. The molecule has 1 aromatic carbocycles. The first kappa shape index (κ1) is 12.9. The first-order valence-electron chi connectivity index (χ1n) is 6.69. The van der Waals surface area contributed by atoms with Crippen LogP contribution in [0.1, 0.15) is 16.9 Å². The zero-order chi connectivity index (χ0) is 13.9. The summed E-state index contributed by atoms with van der Waals surface area (Å²) in [7, 11) is 0. The van der Waals surface area contributed by atoms with Crippen molar-refractivity contribution < 1.29 is 14.6 Å². The Bertz CT molecular complexity index is 636. The van der Waals surface area contributed by atoms with Crippen LogP contribution in [0.2, 0.25) is 0 Å². The third kappa shape index (κ3) is 2.58. The van der Waals surface area contributed by atoms with Gasteiger partial charge in [0.05, 0.1) is 6.61 Å². The van der Waals surface area contributed by atoms with Crippen molar-refractivity contribution in [3.05, 3.63) is 36.0 Å². The number of nitrogens with zero attached hydrogens (tertiary/aromatic N) is 1. The van der Waals surface area contributed by atoms with Crippen molar-refractivity contribution in [3.63, 3.8) is 0 Å². The molecule has 20 heavy (non-hydrogen) atoms. The van der Waals surface area contributed by atoms with E-state index in [0.29, 0.717) is 11.7 Å². The molecule has 0 radical (unpaired) electrons. The van der Waals surface area contributed by atoms with Gasteiger partial charge < -0.3 is 15.2 Å². The normalized spacial score (nSPS) is 18.3. The number of anilines is 1. The van der Waals surface area contributed by atoms with Crippen molar-refractivity contribution in [1.29, 1.82) is 0 Å². The first-order chi connectivity index (χ1) is 9.74. The van der Waals surface area contributed by atoms with Gasteiger partial charge in [0.1, 0.15) is 5.82 Å². The number of hydrogen-bond acceptors (Lipinski definition) is 4. The van der Waals surface area contributed by atoms with Crippen molar-refractivity contribution in [2.24, 2.45) is 5.92 Å². The number of hydrogen-bond donors (Lipinski definition) is 2. The molecule has 0 saturated carbocycles. The van der Waals surface area contributed by atoms with E-state index in [1.165, 1.54) is 0 Å². The molecule has 5 nitrogen and oxygen atoms in total. The van der Waals surface area contributed by atoms with Gasteiger partial charge in [-0.05, 0) is 17.9 Å². The van der Waals surface area contributed by atoms with Gasteiger partial charge in [-0.2, -0.15) is 0 Å². The summed E-state index contributed by atoms with van der Waals surface area (Å²) in [4.78, 5) is 15.4. The zero-order valence-electron chi connectivity index (χ0n) is 11.0. The highest BCUT2D eigenvalue weighted by Gasteiger charge is 2.16. The average molecular weight is 272 g/mol. The molecule has 1 unspecified atom stereocenters. The van der Waals surface area contributed by atoms with Gasteiger partial charge in [0, 0.05) is 24.5 Å². The number of carboxylic acids is 1. The van der Waals surface area contributed by atoms with Crippen molar-refractivity contribution in [2.45, 2.75) is 6.42 Å². The largest absolute Gasteiger partial charge is 0.477 e. The number of rotatable bonds is 4. The molecule has 1 fully saturated rings. The highest BCUT2D eigenvalue weighted by Crippen LogP contribution is 2.23. The quantitative estimate of drug-likeness (QED) is 0.894. The molecule has 104 valence electrons. The van der Waals surface area contributed by atoms with Gasteiger partial charge in [-0.3, -0.25) is 0 Å². The maximum Gasteiger partial charge on any atom is 0.354 e. The molecule has 2 N–H and O–H groups in total. The number of aromatic nitrogens is 1. The second-order valence-corrected chi connectivity index (χ2v) is 4.99. The van der Waals surface area contributed by atoms with Crippen LogP contribution in [-0.4, -0.2) is 35.8 Å². The van der Waals surface area contributed by atoms with Gasteiger partial charge in [0.15, 0.2) is 5.69 Å². The Labute approximate surface area is 116 Å². The molecular weight excluding hydrogens is 256 g/mol. The molecule has 2 aromatic rings. The number of ether oxygens (including phenoxy) is 1. The minimum atomic E-state index is -1.01. The number of aromatic carboxylic acids is 1. The van der Waals surface area contributed by atoms with Crippen LogP contribution < -0.4 is 5.32 Å². The van der Waals surface area contributed by atoms with Gasteiger partial charge in [0.2, 0.25) is 0 Å². The monoisotopic (exact) mass is 272 g/mol. The van der Waals surface area contributed by atoms with Crippen molar-refractivity contribution in [3.8, 4) is 0 Å². The Morgan fingerprint density at radius 3 is 3.05 bits per heavy atom. The summed E-state index contributed by atoms with van der Waals surface area (Å²) in [5.41, 5.74) is 0.0638. The van der Waals surface area contributed by atoms with Gasteiger partial charge in [0.25, 0.3) is 0 Å². The van der Waals surface area contributed by atoms with E-state index < -0.39 is 5.97 Å². The highest BCUT2D eigenvalue weighted by atomic mass is 16.5. The highest BCUT2D eigenvalue weighted by molar-refractivity contribution is 5.97. The Morgan fingerprint density at radius 2 is 2.30 bits per heavy atom. The minimum Gasteiger partial charge on any atom is -0.477 e. The third-order valence-electron chi connectivity index (χ3n) is 3.54. The van der Waals surface area contributed by atoms with Crippen LogP contribution in [0, 0.1) is 5.92 Å². The number of carboxylic acid groups (broad SMARTS) is 1. The fraction of sp³-hybridized carbons (Fsp3) is 0.333. The number of nitrogens with one attached hydrogen (secondary N) is 1.